The number of thiazole rings is 1. The summed E-state index contributed by atoms with van der Waals surface area (Å²) in [4.78, 5) is 25.4. The minimum atomic E-state index is -1.03. The number of carboxylic acid groups (broad SMARTS) is 1. The SMILES string of the molecule is O=C1CC[C@@H](c2nc(C(=O)O)cs2)N1. The zero-order chi connectivity index (χ0) is 10.1. The normalized spacial score (nSPS) is 20.9. The highest BCUT2D eigenvalue weighted by Gasteiger charge is 2.25. The van der Waals surface area contributed by atoms with Gasteiger partial charge in [0.15, 0.2) is 5.69 Å². The Hall–Kier alpha value is -1.43. The van der Waals surface area contributed by atoms with E-state index in [0.717, 1.165) is 0 Å². The van der Waals surface area contributed by atoms with E-state index in [4.69, 9.17) is 5.11 Å². The van der Waals surface area contributed by atoms with Crippen LogP contribution >= 0.6 is 11.3 Å². The fraction of sp³-hybridized carbons (Fsp3) is 0.375. The van der Waals surface area contributed by atoms with Gasteiger partial charge in [-0.2, -0.15) is 0 Å². The fourth-order valence-electron chi connectivity index (χ4n) is 1.35. The molecule has 5 nitrogen and oxygen atoms in total. The molecule has 0 bridgehead atoms. The quantitative estimate of drug-likeness (QED) is 0.759. The van der Waals surface area contributed by atoms with Crippen LogP contribution in [0.2, 0.25) is 0 Å². The molecule has 14 heavy (non-hydrogen) atoms. The Morgan fingerprint density at radius 3 is 3.00 bits per heavy atom. The topological polar surface area (TPSA) is 79.3 Å². The van der Waals surface area contributed by atoms with Crippen molar-refractivity contribution in [3.63, 3.8) is 0 Å². The lowest BCUT2D eigenvalue weighted by molar-refractivity contribution is -0.119. The van der Waals surface area contributed by atoms with Crippen molar-refractivity contribution in [2.75, 3.05) is 0 Å². The molecule has 1 saturated heterocycles. The molecule has 0 aromatic carbocycles. The summed E-state index contributed by atoms with van der Waals surface area (Å²) in [6, 6.07) is -0.0967. The van der Waals surface area contributed by atoms with Crippen molar-refractivity contribution in [2.24, 2.45) is 0 Å². The van der Waals surface area contributed by atoms with Crippen LogP contribution in [0.15, 0.2) is 5.38 Å². The number of aromatic nitrogens is 1. The summed E-state index contributed by atoms with van der Waals surface area (Å²) >= 11 is 1.27. The molecule has 0 spiro atoms. The molecule has 1 aromatic heterocycles. The molecule has 2 rings (SSSR count). The first kappa shape index (κ1) is 9.14. The molecule has 0 unspecified atom stereocenters. The molecule has 0 aliphatic carbocycles. The summed E-state index contributed by atoms with van der Waals surface area (Å²) in [5, 5.41) is 13.6. The predicted molar refractivity (Wildman–Crippen MR) is 49.2 cm³/mol. The van der Waals surface area contributed by atoms with Crippen molar-refractivity contribution in [2.45, 2.75) is 18.9 Å². The van der Waals surface area contributed by atoms with Gasteiger partial charge in [0.05, 0.1) is 6.04 Å². The highest BCUT2D eigenvalue weighted by atomic mass is 32.1. The Morgan fingerprint density at radius 1 is 1.71 bits per heavy atom. The molecule has 0 saturated carbocycles. The molecule has 2 N–H and O–H groups in total. The number of carbonyl (C=O) groups is 2. The molecular formula is C8H8N2O3S. The molecule has 1 fully saturated rings. The van der Waals surface area contributed by atoms with Gasteiger partial charge >= 0.3 is 5.97 Å². The van der Waals surface area contributed by atoms with Gasteiger partial charge in [-0.15, -0.1) is 11.3 Å². The molecule has 74 valence electrons. The Bertz CT molecular complexity index is 388. The van der Waals surface area contributed by atoms with Crippen LogP contribution in [0.5, 0.6) is 0 Å². The number of carboxylic acids is 1. The number of aromatic carboxylic acids is 1. The number of hydrogen-bond acceptors (Lipinski definition) is 4. The molecule has 1 aromatic rings. The van der Waals surface area contributed by atoms with Crippen molar-refractivity contribution in [1.82, 2.24) is 10.3 Å². The first-order chi connectivity index (χ1) is 6.66. The van der Waals surface area contributed by atoms with Gasteiger partial charge in [0, 0.05) is 11.8 Å². The highest BCUT2D eigenvalue weighted by molar-refractivity contribution is 7.09. The smallest absolute Gasteiger partial charge is 0.355 e. The minimum absolute atomic E-state index is 0.00192. The summed E-state index contributed by atoms with van der Waals surface area (Å²) in [5.41, 5.74) is 0.0474. The first-order valence-electron chi connectivity index (χ1n) is 4.15. The van der Waals surface area contributed by atoms with Crippen molar-refractivity contribution in [1.29, 1.82) is 0 Å². The van der Waals surface area contributed by atoms with Crippen LogP contribution in [0.4, 0.5) is 0 Å². The maximum absolute atomic E-state index is 10.9. The van der Waals surface area contributed by atoms with Crippen LogP contribution < -0.4 is 5.32 Å². The Kier molecular flexibility index (Phi) is 2.20. The van der Waals surface area contributed by atoms with Crippen LogP contribution in [0.3, 0.4) is 0 Å². The van der Waals surface area contributed by atoms with Gasteiger partial charge in [-0.1, -0.05) is 0 Å². The first-order valence-corrected chi connectivity index (χ1v) is 5.03. The number of rotatable bonds is 2. The number of nitrogens with zero attached hydrogens (tertiary/aromatic N) is 1. The second kappa shape index (κ2) is 3.38. The van der Waals surface area contributed by atoms with E-state index in [9.17, 15) is 9.59 Å². The number of nitrogens with one attached hydrogen (secondary N) is 1. The molecule has 1 amide bonds. The third-order valence-corrected chi connectivity index (χ3v) is 2.99. The van der Waals surface area contributed by atoms with Gasteiger partial charge in [0.2, 0.25) is 5.91 Å². The monoisotopic (exact) mass is 212 g/mol. The van der Waals surface area contributed by atoms with Crippen molar-refractivity contribution < 1.29 is 14.7 Å². The van der Waals surface area contributed by atoms with E-state index in [-0.39, 0.29) is 17.6 Å². The molecule has 2 heterocycles. The molecule has 0 radical (unpaired) electrons. The van der Waals surface area contributed by atoms with Crippen molar-refractivity contribution in [3.8, 4) is 0 Å². The van der Waals surface area contributed by atoms with E-state index in [1.165, 1.54) is 16.7 Å². The van der Waals surface area contributed by atoms with Crippen LogP contribution in [0, 0.1) is 0 Å². The molecule has 1 aliphatic rings. The third kappa shape index (κ3) is 1.60. The van der Waals surface area contributed by atoms with Gasteiger partial charge in [-0.05, 0) is 6.42 Å². The number of amides is 1. The number of hydrogen-bond donors (Lipinski definition) is 2. The lowest BCUT2D eigenvalue weighted by Crippen LogP contribution is -2.18. The Balaban J connectivity index is 2.17. The second-order valence-corrected chi connectivity index (χ2v) is 3.92. The van der Waals surface area contributed by atoms with Crippen LogP contribution in [-0.2, 0) is 4.79 Å². The zero-order valence-corrected chi connectivity index (χ0v) is 8.00. The Labute approximate surface area is 83.8 Å². The summed E-state index contributed by atoms with van der Waals surface area (Å²) in [6.07, 6.45) is 1.19. The lowest BCUT2D eigenvalue weighted by Gasteiger charge is -2.03. The van der Waals surface area contributed by atoms with E-state index in [0.29, 0.717) is 17.8 Å². The summed E-state index contributed by atoms with van der Waals surface area (Å²) < 4.78 is 0. The van der Waals surface area contributed by atoms with Crippen LogP contribution in [0.1, 0.15) is 34.4 Å². The van der Waals surface area contributed by atoms with Crippen LogP contribution in [0.25, 0.3) is 0 Å². The van der Waals surface area contributed by atoms with Gasteiger partial charge in [-0.25, -0.2) is 9.78 Å². The summed E-state index contributed by atoms with van der Waals surface area (Å²) in [7, 11) is 0. The van der Waals surface area contributed by atoms with Crippen molar-refractivity contribution >= 4 is 23.2 Å². The van der Waals surface area contributed by atoms with E-state index < -0.39 is 5.97 Å². The van der Waals surface area contributed by atoms with E-state index >= 15 is 0 Å². The second-order valence-electron chi connectivity index (χ2n) is 3.03. The fourth-order valence-corrected chi connectivity index (χ4v) is 2.22. The largest absolute Gasteiger partial charge is 0.476 e. The molecule has 1 atom stereocenters. The molecular weight excluding hydrogens is 204 g/mol. The maximum Gasteiger partial charge on any atom is 0.355 e. The van der Waals surface area contributed by atoms with Gasteiger partial charge in [0.1, 0.15) is 5.01 Å². The average Bonchev–Trinajstić information content (AvgIpc) is 2.70. The molecule has 1 aliphatic heterocycles. The van der Waals surface area contributed by atoms with E-state index in [1.54, 1.807) is 0 Å². The zero-order valence-electron chi connectivity index (χ0n) is 7.19. The van der Waals surface area contributed by atoms with Gasteiger partial charge < -0.3 is 10.4 Å². The predicted octanol–water partition coefficient (Wildman–Crippen LogP) is 0.792. The van der Waals surface area contributed by atoms with Gasteiger partial charge in [0.25, 0.3) is 0 Å². The average molecular weight is 212 g/mol. The Morgan fingerprint density at radius 2 is 2.50 bits per heavy atom. The molecule has 6 heteroatoms. The van der Waals surface area contributed by atoms with E-state index in [1.807, 2.05) is 0 Å². The van der Waals surface area contributed by atoms with E-state index in [2.05, 4.69) is 10.3 Å². The van der Waals surface area contributed by atoms with Crippen molar-refractivity contribution in [3.05, 3.63) is 16.1 Å². The third-order valence-electron chi connectivity index (χ3n) is 2.03. The maximum atomic E-state index is 10.9. The van der Waals surface area contributed by atoms with Crippen LogP contribution in [-0.4, -0.2) is 22.0 Å². The minimum Gasteiger partial charge on any atom is -0.476 e. The highest BCUT2D eigenvalue weighted by Crippen LogP contribution is 2.26. The standard InChI is InChI=1S/C8H8N2O3S/c11-6-2-1-4(9-6)7-10-5(3-14-7)8(12)13/h3-4H,1-2H2,(H,9,11)(H,12,13)/t4-/m0/s1. The van der Waals surface area contributed by atoms with Gasteiger partial charge in [-0.3, -0.25) is 4.79 Å². The summed E-state index contributed by atoms with van der Waals surface area (Å²) in [5.74, 6) is -1.03. The number of carbonyl (C=O) groups excluding carboxylic acids is 1. The summed E-state index contributed by atoms with van der Waals surface area (Å²) in [6.45, 7) is 0. The lowest BCUT2D eigenvalue weighted by atomic mass is 10.2.